The van der Waals surface area contributed by atoms with Gasteiger partial charge in [0, 0.05) is 29.3 Å². The first-order valence-electron chi connectivity index (χ1n) is 5.77. The molecular weight excluding hydrogens is 292 g/mol. The molecule has 0 bridgehead atoms. The predicted octanol–water partition coefficient (Wildman–Crippen LogP) is 2.99. The summed E-state index contributed by atoms with van der Waals surface area (Å²) in [6, 6.07) is 5.80. The van der Waals surface area contributed by atoms with E-state index in [1.54, 1.807) is 0 Å². The van der Waals surface area contributed by atoms with Crippen LogP contribution < -0.4 is 11.1 Å². The average molecular weight is 309 g/mol. The van der Waals surface area contributed by atoms with Gasteiger partial charge in [0.25, 0.3) is 0 Å². The molecule has 1 aromatic heterocycles. The third-order valence-corrected chi connectivity index (χ3v) is 3.62. The van der Waals surface area contributed by atoms with Crippen molar-refractivity contribution in [2.24, 2.45) is 7.05 Å². The van der Waals surface area contributed by atoms with Gasteiger partial charge >= 0.3 is 0 Å². The Hall–Kier alpha value is -1.49. The minimum atomic E-state index is 0.728. The molecule has 0 atom stereocenters. The van der Waals surface area contributed by atoms with E-state index in [1.807, 2.05) is 36.9 Å². The summed E-state index contributed by atoms with van der Waals surface area (Å²) in [5.41, 5.74) is 11.1. The predicted molar refractivity (Wildman–Crippen MR) is 78.6 cm³/mol. The molecule has 0 spiro atoms. The van der Waals surface area contributed by atoms with Gasteiger partial charge in [-0.3, -0.25) is 4.68 Å². The molecule has 96 valence electrons. The normalized spacial score (nSPS) is 10.7. The van der Waals surface area contributed by atoms with Crippen LogP contribution in [0, 0.1) is 13.8 Å². The maximum Gasteiger partial charge on any atom is 0.0646 e. The second kappa shape index (κ2) is 5.02. The third kappa shape index (κ3) is 2.51. The fourth-order valence-corrected chi connectivity index (χ4v) is 2.30. The topological polar surface area (TPSA) is 55.9 Å². The Balaban J connectivity index is 2.19. The molecule has 4 nitrogen and oxygen atoms in total. The standard InChI is InChI=1S/C13H17BrN4/c1-8-11(9(2)18(3)17-8)7-16-13-6-10(14)4-5-12(13)15/h4-6,16H,7,15H2,1-3H3. The summed E-state index contributed by atoms with van der Waals surface area (Å²) in [6.45, 7) is 4.82. The van der Waals surface area contributed by atoms with Gasteiger partial charge in [-0.1, -0.05) is 15.9 Å². The van der Waals surface area contributed by atoms with Gasteiger partial charge in [0.05, 0.1) is 17.1 Å². The van der Waals surface area contributed by atoms with Crippen molar-refractivity contribution in [2.75, 3.05) is 11.1 Å². The van der Waals surface area contributed by atoms with Crippen molar-refractivity contribution >= 4 is 27.3 Å². The fraction of sp³-hybridized carbons (Fsp3) is 0.308. The van der Waals surface area contributed by atoms with Crippen LogP contribution in [0.25, 0.3) is 0 Å². The number of benzene rings is 1. The van der Waals surface area contributed by atoms with Crippen molar-refractivity contribution in [1.29, 1.82) is 0 Å². The lowest BCUT2D eigenvalue weighted by molar-refractivity contribution is 0.730. The van der Waals surface area contributed by atoms with Gasteiger partial charge in [-0.2, -0.15) is 5.10 Å². The zero-order valence-corrected chi connectivity index (χ0v) is 12.4. The first kappa shape index (κ1) is 13.0. The second-order valence-corrected chi connectivity index (χ2v) is 5.27. The van der Waals surface area contributed by atoms with E-state index >= 15 is 0 Å². The quantitative estimate of drug-likeness (QED) is 0.857. The van der Waals surface area contributed by atoms with Crippen LogP contribution in [0.2, 0.25) is 0 Å². The van der Waals surface area contributed by atoms with Crippen LogP contribution >= 0.6 is 15.9 Å². The molecule has 0 aliphatic carbocycles. The highest BCUT2D eigenvalue weighted by Gasteiger charge is 2.09. The van der Waals surface area contributed by atoms with Crippen LogP contribution in [0.3, 0.4) is 0 Å². The Labute approximate surface area is 115 Å². The molecule has 3 N–H and O–H groups in total. The van der Waals surface area contributed by atoms with Crippen molar-refractivity contribution in [3.05, 3.63) is 39.6 Å². The highest BCUT2D eigenvalue weighted by molar-refractivity contribution is 9.10. The van der Waals surface area contributed by atoms with Crippen molar-refractivity contribution in [3.8, 4) is 0 Å². The summed E-state index contributed by atoms with van der Waals surface area (Å²) in [5.74, 6) is 0. The molecule has 1 aromatic carbocycles. The van der Waals surface area contributed by atoms with E-state index in [0.717, 1.165) is 28.1 Å². The number of aryl methyl sites for hydroxylation is 2. The summed E-state index contributed by atoms with van der Waals surface area (Å²) in [7, 11) is 1.96. The lowest BCUT2D eigenvalue weighted by Crippen LogP contribution is -2.04. The van der Waals surface area contributed by atoms with Crippen LogP contribution in [0.1, 0.15) is 17.0 Å². The first-order valence-corrected chi connectivity index (χ1v) is 6.56. The third-order valence-electron chi connectivity index (χ3n) is 3.13. The number of nitrogen functional groups attached to an aromatic ring is 1. The SMILES string of the molecule is Cc1nn(C)c(C)c1CNc1cc(Br)ccc1N. The number of anilines is 2. The first-order chi connectivity index (χ1) is 8.49. The van der Waals surface area contributed by atoms with E-state index in [-0.39, 0.29) is 0 Å². The minimum Gasteiger partial charge on any atom is -0.397 e. The monoisotopic (exact) mass is 308 g/mol. The van der Waals surface area contributed by atoms with Crippen molar-refractivity contribution in [1.82, 2.24) is 9.78 Å². The molecular formula is C13H17BrN4. The average Bonchev–Trinajstić information content (AvgIpc) is 2.55. The number of hydrogen-bond donors (Lipinski definition) is 2. The maximum atomic E-state index is 5.93. The van der Waals surface area contributed by atoms with Gasteiger partial charge in [-0.25, -0.2) is 0 Å². The Bertz CT molecular complexity index is 575. The van der Waals surface area contributed by atoms with Gasteiger partial charge in [0.15, 0.2) is 0 Å². The molecule has 0 radical (unpaired) electrons. The molecule has 1 heterocycles. The number of nitrogens with two attached hydrogens (primary N) is 1. The van der Waals surface area contributed by atoms with E-state index in [9.17, 15) is 0 Å². The molecule has 0 amide bonds. The molecule has 18 heavy (non-hydrogen) atoms. The fourth-order valence-electron chi connectivity index (χ4n) is 1.94. The lowest BCUT2D eigenvalue weighted by Gasteiger charge is -2.10. The van der Waals surface area contributed by atoms with E-state index in [4.69, 9.17) is 5.73 Å². The molecule has 0 fully saturated rings. The van der Waals surface area contributed by atoms with E-state index < -0.39 is 0 Å². The van der Waals surface area contributed by atoms with Crippen LogP contribution in [0.15, 0.2) is 22.7 Å². The van der Waals surface area contributed by atoms with Crippen molar-refractivity contribution in [3.63, 3.8) is 0 Å². The molecule has 0 aliphatic rings. The van der Waals surface area contributed by atoms with Gasteiger partial charge in [0.2, 0.25) is 0 Å². The van der Waals surface area contributed by atoms with Crippen LogP contribution in [-0.2, 0) is 13.6 Å². The molecule has 0 unspecified atom stereocenters. The Morgan fingerprint density at radius 2 is 2.11 bits per heavy atom. The summed E-state index contributed by atoms with van der Waals surface area (Å²) in [4.78, 5) is 0. The van der Waals surface area contributed by atoms with E-state index in [0.29, 0.717) is 0 Å². The number of rotatable bonds is 3. The van der Waals surface area contributed by atoms with Crippen LogP contribution in [0.5, 0.6) is 0 Å². The van der Waals surface area contributed by atoms with Crippen molar-refractivity contribution < 1.29 is 0 Å². The highest BCUT2D eigenvalue weighted by atomic mass is 79.9. The molecule has 0 saturated heterocycles. The zero-order valence-electron chi connectivity index (χ0n) is 10.8. The summed E-state index contributed by atoms with van der Waals surface area (Å²) in [5, 5.41) is 7.76. The highest BCUT2D eigenvalue weighted by Crippen LogP contribution is 2.24. The lowest BCUT2D eigenvalue weighted by atomic mass is 10.2. The van der Waals surface area contributed by atoms with Crippen LogP contribution in [-0.4, -0.2) is 9.78 Å². The Kier molecular flexibility index (Phi) is 3.61. The number of nitrogens with zero attached hydrogens (tertiary/aromatic N) is 2. The van der Waals surface area contributed by atoms with Crippen LogP contribution in [0.4, 0.5) is 11.4 Å². The molecule has 0 saturated carbocycles. The smallest absolute Gasteiger partial charge is 0.0646 e. The number of halogens is 1. The van der Waals surface area contributed by atoms with Gasteiger partial charge in [-0.15, -0.1) is 0 Å². The van der Waals surface area contributed by atoms with E-state index in [2.05, 4.69) is 33.3 Å². The Morgan fingerprint density at radius 1 is 1.39 bits per heavy atom. The van der Waals surface area contributed by atoms with Gasteiger partial charge in [0.1, 0.15) is 0 Å². The largest absolute Gasteiger partial charge is 0.397 e. The minimum absolute atomic E-state index is 0.728. The maximum absolute atomic E-state index is 5.93. The molecule has 2 rings (SSSR count). The molecule has 0 aliphatic heterocycles. The second-order valence-electron chi connectivity index (χ2n) is 4.36. The molecule has 2 aromatic rings. The van der Waals surface area contributed by atoms with Crippen molar-refractivity contribution in [2.45, 2.75) is 20.4 Å². The van der Waals surface area contributed by atoms with Gasteiger partial charge < -0.3 is 11.1 Å². The summed E-state index contributed by atoms with van der Waals surface area (Å²) < 4.78 is 2.91. The number of nitrogens with one attached hydrogen (secondary N) is 1. The summed E-state index contributed by atoms with van der Waals surface area (Å²) >= 11 is 3.44. The molecule has 5 heteroatoms. The van der Waals surface area contributed by atoms with Gasteiger partial charge in [-0.05, 0) is 32.0 Å². The number of aromatic nitrogens is 2. The van der Waals surface area contributed by atoms with E-state index in [1.165, 1.54) is 11.3 Å². The summed E-state index contributed by atoms with van der Waals surface area (Å²) in [6.07, 6.45) is 0. The zero-order chi connectivity index (χ0) is 13.3. The Morgan fingerprint density at radius 3 is 2.72 bits per heavy atom. The number of hydrogen-bond acceptors (Lipinski definition) is 3.